The van der Waals surface area contributed by atoms with Crippen molar-refractivity contribution in [2.45, 2.75) is 25.4 Å². The third kappa shape index (κ3) is 3.35. The average Bonchev–Trinajstić information content (AvgIpc) is 2.49. The van der Waals surface area contributed by atoms with Crippen molar-refractivity contribution >= 4 is 0 Å². The molecule has 2 heterocycles. The maximum Gasteiger partial charge on any atom is 0.0952 e. The zero-order valence-corrected chi connectivity index (χ0v) is 11.4. The minimum atomic E-state index is 0.227. The van der Waals surface area contributed by atoms with E-state index >= 15 is 0 Å². The lowest BCUT2D eigenvalue weighted by Gasteiger charge is -2.28. The third-order valence-electron chi connectivity index (χ3n) is 4.20. The van der Waals surface area contributed by atoms with Gasteiger partial charge in [-0.2, -0.15) is 0 Å². The van der Waals surface area contributed by atoms with Crippen molar-refractivity contribution in [1.29, 1.82) is 0 Å². The van der Waals surface area contributed by atoms with E-state index in [0.29, 0.717) is 0 Å². The molecule has 0 aromatic heterocycles. The molecule has 3 rings (SSSR count). The smallest absolute Gasteiger partial charge is 0.0952 e. The molecule has 1 fully saturated rings. The van der Waals surface area contributed by atoms with Gasteiger partial charge in [-0.15, -0.1) is 0 Å². The van der Waals surface area contributed by atoms with Gasteiger partial charge in [0.2, 0.25) is 0 Å². The van der Waals surface area contributed by atoms with Gasteiger partial charge in [0, 0.05) is 19.8 Å². The van der Waals surface area contributed by atoms with Crippen LogP contribution in [0, 0.1) is 5.92 Å². The summed E-state index contributed by atoms with van der Waals surface area (Å²) in [6, 6.07) is 8.66. The zero-order chi connectivity index (χ0) is 12.9. The van der Waals surface area contributed by atoms with E-state index in [1.54, 1.807) is 0 Å². The molecule has 2 aliphatic rings. The number of nitrogens with one attached hydrogen (secondary N) is 1. The molecule has 104 valence electrons. The van der Waals surface area contributed by atoms with E-state index in [0.717, 1.165) is 45.2 Å². The van der Waals surface area contributed by atoms with E-state index in [2.05, 4.69) is 29.6 Å². The van der Waals surface area contributed by atoms with Crippen LogP contribution in [-0.2, 0) is 15.9 Å². The molecule has 1 aromatic rings. The topological polar surface area (TPSA) is 30.5 Å². The molecule has 0 spiro atoms. The molecule has 0 amide bonds. The summed E-state index contributed by atoms with van der Waals surface area (Å²) in [4.78, 5) is 0. The van der Waals surface area contributed by atoms with Gasteiger partial charge in [0.05, 0.1) is 12.7 Å². The van der Waals surface area contributed by atoms with Crippen molar-refractivity contribution < 1.29 is 9.47 Å². The molecule has 3 heteroatoms. The predicted molar refractivity (Wildman–Crippen MR) is 75.3 cm³/mol. The fraction of sp³-hybridized carbons (Fsp3) is 0.625. The van der Waals surface area contributed by atoms with Crippen molar-refractivity contribution in [1.82, 2.24) is 5.32 Å². The van der Waals surface area contributed by atoms with Crippen LogP contribution in [0.15, 0.2) is 24.3 Å². The minimum absolute atomic E-state index is 0.227. The normalized spacial score (nSPS) is 24.1. The SMILES string of the molecule is c1ccc2c(c1)CCOC2CNCC1CCOCC1. The largest absolute Gasteiger partial charge is 0.381 e. The minimum Gasteiger partial charge on any atom is -0.381 e. The first-order valence-corrected chi connectivity index (χ1v) is 7.41. The second kappa shape index (κ2) is 6.51. The van der Waals surface area contributed by atoms with E-state index in [1.165, 1.54) is 24.0 Å². The first kappa shape index (κ1) is 13.1. The van der Waals surface area contributed by atoms with E-state index in [4.69, 9.17) is 9.47 Å². The van der Waals surface area contributed by atoms with Gasteiger partial charge in [0.25, 0.3) is 0 Å². The van der Waals surface area contributed by atoms with Gasteiger partial charge in [-0.05, 0) is 42.9 Å². The van der Waals surface area contributed by atoms with Crippen molar-refractivity contribution in [3.05, 3.63) is 35.4 Å². The van der Waals surface area contributed by atoms with Crippen LogP contribution in [0.3, 0.4) is 0 Å². The Morgan fingerprint density at radius 2 is 1.89 bits per heavy atom. The Labute approximate surface area is 115 Å². The molecule has 1 atom stereocenters. The Hall–Kier alpha value is -0.900. The van der Waals surface area contributed by atoms with E-state index in [-0.39, 0.29) is 6.10 Å². The van der Waals surface area contributed by atoms with E-state index in [1.807, 2.05) is 0 Å². The van der Waals surface area contributed by atoms with Gasteiger partial charge in [-0.25, -0.2) is 0 Å². The third-order valence-corrected chi connectivity index (χ3v) is 4.20. The molecule has 0 radical (unpaired) electrons. The van der Waals surface area contributed by atoms with Crippen molar-refractivity contribution in [2.24, 2.45) is 5.92 Å². The molecular weight excluding hydrogens is 238 g/mol. The molecule has 0 bridgehead atoms. The lowest BCUT2D eigenvalue weighted by atomic mass is 9.97. The van der Waals surface area contributed by atoms with Gasteiger partial charge in [0.1, 0.15) is 0 Å². The molecular formula is C16H23NO2. The number of hydrogen-bond acceptors (Lipinski definition) is 3. The molecule has 19 heavy (non-hydrogen) atoms. The molecule has 2 aliphatic heterocycles. The van der Waals surface area contributed by atoms with Crippen LogP contribution in [0.5, 0.6) is 0 Å². The van der Waals surface area contributed by atoms with Crippen LogP contribution in [0.4, 0.5) is 0 Å². The number of benzene rings is 1. The van der Waals surface area contributed by atoms with Crippen molar-refractivity contribution in [3.63, 3.8) is 0 Å². The monoisotopic (exact) mass is 261 g/mol. The molecule has 1 N–H and O–H groups in total. The summed E-state index contributed by atoms with van der Waals surface area (Å²) < 4.78 is 11.3. The highest BCUT2D eigenvalue weighted by molar-refractivity contribution is 5.31. The number of ether oxygens (including phenoxy) is 2. The first-order chi connectivity index (χ1) is 9.43. The second-order valence-corrected chi connectivity index (χ2v) is 5.52. The van der Waals surface area contributed by atoms with Gasteiger partial charge >= 0.3 is 0 Å². The highest BCUT2D eigenvalue weighted by atomic mass is 16.5. The Morgan fingerprint density at radius 3 is 2.79 bits per heavy atom. The summed E-state index contributed by atoms with van der Waals surface area (Å²) in [6.45, 7) is 4.71. The van der Waals surface area contributed by atoms with Crippen molar-refractivity contribution in [3.8, 4) is 0 Å². The summed E-state index contributed by atoms with van der Waals surface area (Å²) in [5, 5.41) is 3.59. The quantitative estimate of drug-likeness (QED) is 0.902. The summed E-state index contributed by atoms with van der Waals surface area (Å²) in [7, 11) is 0. The number of fused-ring (bicyclic) bond motifs is 1. The lowest BCUT2D eigenvalue weighted by molar-refractivity contribution is 0.0379. The molecule has 1 saturated heterocycles. The Kier molecular flexibility index (Phi) is 4.49. The van der Waals surface area contributed by atoms with Crippen LogP contribution in [0.1, 0.15) is 30.1 Å². The first-order valence-electron chi connectivity index (χ1n) is 7.41. The van der Waals surface area contributed by atoms with Crippen LogP contribution in [0.2, 0.25) is 0 Å². The summed E-state index contributed by atoms with van der Waals surface area (Å²) >= 11 is 0. The fourth-order valence-corrected chi connectivity index (χ4v) is 3.01. The molecule has 0 aliphatic carbocycles. The standard InChI is InChI=1S/C16H23NO2/c1-2-4-15-14(3-1)7-10-19-16(15)12-17-11-13-5-8-18-9-6-13/h1-4,13,16-17H,5-12H2. The van der Waals surface area contributed by atoms with Crippen LogP contribution in [-0.4, -0.2) is 32.9 Å². The average molecular weight is 261 g/mol. The fourth-order valence-electron chi connectivity index (χ4n) is 3.01. The second-order valence-electron chi connectivity index (χ2n) is 5.52. The molecule has 3 nitrogen and oxygen atoms in total. The molecule has 1 unspecified atom stereocenters. The summed E-state index contributed by atoms with van der Waals surface area (Å²) in [5.74, 6) is 0.771. The zero-order valence-electron chi connectivity index (χ0n) is 11.4. The highest BCUT2D eigenvalue weighted by Gasteiger charge is 2.20. The van der Waals surface area contributed by atoms with E-state index in [9.17, 15) is 0 Å². The lowest BCUT2D eigenvalue weighted by Crippen LogP contribution is -2.32. The van der Waals surface area contributed by atoms with Crippen molar-refractivity contribution in [2.75, 3.05) is 32.9 Å². The Balaban J connectivity index is 1.50. The highest BCUT2D eigenvalue weighted by Crippen LogP contribution is 2.26. The summed E-state index contributed by atoms with van der Waals surface area (Å²) in [6.07, 6.45) is 3.65. The number of hydrogen-bond donors (Lipinski definition) is 1. The van der Waals surface area contributed by atoms with Gasteiger partial charge < -0.3 is 14.8 Å². The van der Waals surface area contributed by atoms with E-state index < -0.39 is 0 Å². The maximum absolute atomic E-state index is 5.91. The van der Waals surface area contributed by atoms with Gasteiger partial charge in [-0.3, -0.25) is 0 Å². The van der Waals surface area contributed by atoms with Gasteiger partial charge in [-0.1, -0.05) is 24.3 Å². The Morgan fingerprint density at radius 1 is 1.05 bits per heavy atom. The predicted octanol–water partition coefficient (Wildman–Crippen LogP) is 2.32. The Bertz CT molecular complexity index is 401. The van der Waals surface area contributed by atoms with Crippen LogP contribution < -0.4 is 5.32 Å². The molecule has 0 saturated carbocycles. The maximum atomic E-state index is 5.91. The van der Waals surface area contributed by atoms with Gasteiger partial charge in [0.15, 0.2) is 0 Å². The number of rotatable bonds is 4. The van der Waals surface area contributed by atoms with Crippen LogP contribution >= 0.6 is 0 Å². The summed E-state index contributed by atoms with van der Waals surface area (Å²) in [5.41, 5.74) is 2.82. The molecule has 1 aromatic carbocycles. The van der Waals surface area contributed by atoms with Crippen LogP contribution in [0.25, 0.3) is 0 Å².